The number of nitro benzene ring substituents is 1. The maximum Gasteiger partial charge on any atom is 0.282 e. The van der Waals surface area contributed by atoms with Crippen LogP contribution in [0.3, 0.4) is 0 Å². The summed E-state index contributed by atoms with van der Waals surface area (Å²) in [6.07, 6.45) is 2.55. The third-order valence-electron chi connectivity index (χ3n) is 2.43. The fraction of sp³-hybridized carbons (Fsp3) is 0.455. The van der Waals surface area contributed by atoms with Gasteiger partial charge in [0.05, 0.1) is 9.82 Å². The molecule has 0 amide bonds. The van der Waals surface area contributed by atoms with Gasteiger partial charge in [-0.3, -0.25) is 10.1 Å². The van der Waals surface area contributed by atoms with E-state index in [-0.39, 0.29) is 10.6 Å². The molecule has 5 heteroatoms. The molecule has 0 saturated heterocycles. The second-order valence-electron chi connectivity index (χ2n) is 3.80. The summed E-state index contributed by atoms with van der Waals surface area (Å²) in [5, 5.41) is 14.1. The first-order valence-electron chi connectivity index (χ1n) is 5.37. The zero-order valence-electron chi connectivity index (χ0n) is 8.89. The Bertz CT molecular complexity index is 380. The van der Waals surface area contributed by atoms with E-state index in [0.717, 1.165) is 17.2 Å². The van der Waals surface area contributed by atoms with E-state index in [1.54, 1.807) is 30.0 Å². The molecule has 1 aliphatic carbocycles. The van der Waals surface area contributed by atoms with E-state index < -0.39 is 0 Å². The molecule has 1 aromatic carbocycles. The highest BCUT2D eigenvalue weighted by molar-refractivity contribution is 7.99. The van der Waals surface area contributed by atoms with Gasteiger partial charge in [-0.25, -0.2) is 0 Å². The molecule has 4 nitrogen and oxygen atoms in total. The minimum atomic E-state index is -0.323. The van der Waals surface area contributed by atoms with E-state index in [9.17, 15) is 10.1 Å². The molecule has 1 fully saturated rings. The lowest BCUT2D eigenvalue weighted by atomic mass is 10.3. The first-order valence-corrected chi connectivity index (χ1v) is 6.35. The summed E-state index contributed by atoms with van der Waals surface area (Å²) < 4.78 is 0. The maximum absolute atomic E-state index is 10.7. The van der Waals surface area contributed by atoms with Crippen LogP contribution in [0.4, 0.5) is 5.69 Å². The fourth-order valence-electron chi connectivity index (χ4n) is 1.44. The van der Waals surface area contributed by atoms with Gasteiger partial charge in [-0.15, -0.1) is 11.8 Å². The normalized spacial score (nSPS) is 15.0. The number of rotatable bonds is 6. The molecule has 1 N–H and O–H groups in total. The van der Waals surface area contributed by atoms with Gasteiger partial charge >= 0.3 is 0 Å². The van der Waals surface area contributed by atoms with Crippen LogP contribution in [0.15, 0.2) is 29.2 Å². The zero-order valence-corrected chi connectivity index (χ0v) is 9.70. The highest BCUT2D eigenvalue weighted by Gasteiger charge is 2.19. The molecule has 1 aromatic rings. The van der Waals surface area contributed by atoms with Crippen LogP contribution in [0.2, 0.25) is 0 Å². The molecule has 0 radical (unpaired) electrons. The zero-order chi connectivity index (χ0) is 11.4. The average molecular weight is 238 g/mol. The number of hydrogen-bond donors (Lipinski definition) is 1. The van der Waals surface area contributed by atoms with Gasteiger partial charge in [0.15, 0.2) is 0 Å². The second kappa shape index (κ2) is 5.32. The van der Waals surface area contributed by atoms with Gasteiger partial charge in [0, 0.05) is 24.4 Å². The highest BCUT2D eigenvalue weighted by atomic mass is 32.2. The van der Waals surface area contributed by atoms with Crippen molar-refractivity contribution in [2.24, 2.45) is 0 Å². The first-order chi connectivity index (χ1) is 7.77. The quantitative estimate of drug-likeness (QED) is 0.358. The van der Waals surface area contributed by atoms with Crippen LogP contribution < -0.4 is 5.32 Å². The van der Waals surface area contributed by atoms with Gasteiger partial charge in [0.1, 0.15) is 0 Å². The van der Waals surface area contributed by atoms with Crippen LogP contribution >= 0.6 is 11.8 Å². The number of benzene rings is 1. The van der Waals surface area contributed by atoms with E-state index in [4.69, 9.17) is 0 Å². The molecule has 0 heterocycles. The SMILES string of the molecule is O=[N+]([O-])c1ccccc1SCCNC1CC1. The Morgan fingerprint density at radius 3 is 2.88 bits per heavy atom. The van der Waals surface area contributed by atoms with Gasteiger partial charge in [-0.05, 0) is 18.9 Å². The summed E-state index contributed by atoms with van der Waals surface area (Å²) >= 11 is 1.54. The Morgan fingerprint density at radius 2 is 2.19 bits per heavy atom. The van der Waals surface area contributed by atoms with Crippen LogP contribution in [-0.4, -0.2) is 23.3 Å². The topological polar surface area (TPSA) is 55.2 Å². The molecular weight excluding hydrogens is 224 g/mol. The molecule has 0 atom stereocenters. The Labute approximate surface area is 98.6 Å². The summed E-state index contributed by atoms with van der Waals surface area (Å²) in [7, 11) is 0. The number of para-hydroxylation sites is 1. The largest absolute Gasteiger partial charge is 0.313 e. The third kappa shape index (κ3) is 3.21. The van der Waals surface area contributed by atoms with Crippen LogP contribution in [0, 0.1) is 10.1 Å². The molecule has 0 aliphatic heterocycles. The number of nitro groups is 1. The summed E-state index contributed by atoms with van der Waals surface area (Å²) in [6.45, 7) is 0.918. The van der Waals surface area contributed by atoms with Crippen molar-refractivity contribution in [2.45, 2.75) is 23.8 Å². The third-order valence-corrected chi connectivity index (χ3v) is 3.50. The molecule has 1 saturated carbocycles. The van der Waals surface area contributed by atoms with Crippen LogP contribution in [0.25, 0.3) is 0 Å². The average Bonchev–Trinajstić information content (AvgIpc) is 3.08. The molecule has 0 unspecified atom stereocenters. The van der Waals surface area contributed by atoms with Crippen molar-refractivity contribution in [3.8, 4) is 0 Å². The Kier molecular flexibility index (Phi) is 3.79. The van der Waals surface area contributed by atoms with Crippen LogP contribution in [0.5, 0.6) is 0 Å². The number of nitrogens with one attached hydrogen (secondary N) is 1. The van der Waals surface area contributed by atoms with E-state index in [1.165, 1.54) is 12.8 Å². The minimum absolute atomic E-state index is 0.207. The Morgan fingerprint density at radius 1 is 1.44 bits per heavy atom. The van der Waals surface area contributed by atoms with E-state index in [1.807, 2.05) is 6.07 Å². The lowest BCUT2D eigenvalue weighted by molar-refractivity contribution is -0.387. The summed E-state index contributed by atoms with van der Waals surface area (Å²) in [4.78, 5) is 11.2. The van der Waals surface area contributed by atoms with Crippen molar-refractivity contribution in [1.82, 2.24) is 5.32 Å². The monoisotopic (exact) mass is 238 g/mol. The lowest BCUT2D eigenvalue weighted by Crippen LogP contribution is -2.19. The molecule has 16 heavy (non-hydrogen) atoms. The van der Waals surface area contributed by atoms with Crippen molar-refractivity contribution in [3.05, 3.63) is 34.4 Å². The van der Waals surface area contributed by atoms with Gasteiger partial charge in [0.25, 0.3) is 5.69 Å². The van der Waals surface area contributed by atoms with Crippen LogP contribution in [-0.2, 0) is 0 Å². The first kappa shape index (κ1) is 11.4. The van der Waals surface area contributed by atoms with Gasteiger partial charge in [-0.2, -0.15) is 0 Å². The number of nitrogens with zero attached hydrogens (tertiary/aromatic N) is 1. The summed E-state index contributed by atoms with van der Waals surface area (Å²) in [6, 6.07) is 7.59. The van der Waals surface area contributed by atoms with Crippen molar-refractivity contribution in [3.63, 3.8) is 0 Å². The predicted molar refractivity (Wildman–Crippen MR) is 64.8 cm³/mol. The molecular formula is C11H14N2O2S. The molecule has 0 bridgehead atoms. The minimum Gasteiger partial charge on any atom is -0.313 e. The molecule has 0 spiro atoms. The lowest BCUT2D eigenvalue weighted by Gasteiger charge is -2.03. The number of hydrogen-bond acceptors (Lipinski definition) is 4. The smallest absolute Gasteiger partial charge is 0.282 e. The van der Waals surface area contributed by atoms with Crippen molar-refractivity contribution >= 4 is 17.4 Å². The molecule has 2 rings (SSSR count). The standard InChI is InChI=1S/C11H14N2O2S/c14-13(15)10-3-1-2-4-11(10)16-8-7-12-9-5-6-9/h1-4,9,12H,5-8H2. The highest BCUT2D eigenvalue weighted by Crippen LogP contribution is 2.28. The van der Waals surface area contributed by atoms with Crippen molar-refractivity contribution < 1.29 is 4.92 Å². The molecule has 0 aromatic heterocycles. The molecule has 1 aliphatic rings. The predicted octanol–water partition coefficient (Wildman–Crippen LogP) is 2.44. The van der Waals surface area contributed by atoms with Crippen LogP contribution in [0.1, 0.15) is 12.8 Å². The van der Waals surface area contributed by atoms with Gasteiger partial charge < -0.3 is 5.32 Å². The van der Waals surface area contributed by atoms with Crippen molar-refractivity contribution in [1.29, 1.82) is 0 Å². The Balaban J connectivity index is 1.84. The number of thioether (sulfide) groups is 1. The van der Waals surface area contributed by atoms with Gasteiger partial charge in [0.2, 0.25) is 0 Å². The van der Waals surface area contributed by atoms with E-state index in [2.05, 4.69) is 5.32 Å². The van der Waals surface area contributed by atoms with Gasteiger partial charge in [-0.1, -0.05) is 12.1 Å². The van der Waals surface area contributed by atoms with Crippen molar-refractivity contribution in [2.75, 3.05) is 12.3 Å². The molecule has 86 valence electrons. The Hall–Kier alpha value is -1.07. The summed E-state index contributed by atoms with van der Waals surface area (Å²) in [5.74, 6) is 0.876. The maximum atomic E-state index is 10.7. The van der Waals surface area contributed by atoms with E-state index >= 15 is 0 Å². The fourth-order valence-corrected chi connectivity index (χ4v) is 2.35. The second-order valence-corrected chi connectivity index (χ2v) is 4.94. The van der Waals surface area contributed by atoms with E-state index in [0.29, 0.717) is 6.04 Å². The summed E-state index contributed by atoms with van der Waals surface area (Å²) in [5.41, 5.74) is 0.207.